The molecule has 3 heterocycles. The second kappa shape index (κ2) is 6.65. The van der Waals surface area contributed by atoms with Gasteiger partial charge in [-0.25, -0.2) is 0 Å². The first kappa shape index (κ1) is 16.8. The van der Waals surface area contributed by atoms with Crippen molar-refractivity contribution in [2.75, 3.05) is 32.8 Å². The SMILES string of the molecule is O=C([C@@H]1CCCO1)N1CCC2(CC1)CC(N1CCCC1)c1ccccc12. The molecule has 1 amide bonds. The largest absolute Gasteiger partial charge is 0.368 e. The van der Waals surface area contributed by atoms with Gasteiger partial charge in [0.05, 0.1) is 0 Å². The predicted molar refractivity (Wildman–Crippen MR) is 101 cm³/mol. The van der Waals surface area contributed by atoms with E-state index in [1.165, 1.54) is 32.4 Å². The fourth-order valence-electron chi connectivity index (χ4n) is 5.84. The normalized spacial score (nSPS) is 30.8. The van der Waals surface area contributed by atoms with Crippen molar-refractivity contribution < 1.29 is 9.53 Å². The van der Waals surface area contributed by atoms with Gasteiger partial charge in [-0.1, -0.05) is 24.3 Å². The minimum absolute atomic E-state index is 0.169. The average molecular weight is 354 g/mol. The van der Waals surface area contributed by atoms with E-state index in [0.29, 0.717) is 6.04 Å². The molecule has 1 aromatic carbocycles. The van der Waals surface area contributed by atoms with Gasteiger partial charge in [-0.2, -0.15) is 0 Å². The van der Waals surface area contributed by atoms with Crippen LogP contribution < -0.4 is 0 Å². The third-order valence-electron chi connectivity index (χ3n) is 7.29. The summed E-state index contributed by atoms with van der Waals surface area (Å²) in [5, 5.41) is 0. The topological polar surface area (TPSA) is 32.8 Å². The lowest BCUT2D eigenvalue weighted by molar-refractivity contribution is -0.142. The molecule has 0 N–H and O–H groups in total. The molecule has 3 fully saturated rings. The quantitative estimate of drug-likeness (QED) is 0.817. The number of rotatable bonds is 2. The zero-order valence-corrected chi connectivity index (χ0v) is 15.7. The summed E-state index contributed by atoms with van der Waals surface area (Å²) in [7, 11) is 0. The van der Waals surface area contributed by atoms with Crippen molar-refractivity contribution in [1.29, 1.82) is 0 Å². The predicted octanol–water partition coefficient (Wildman–Crippen LogP) is 3.27. The molecule has 0 bridgehead atoms. The Balaban J connectivity index is 1.34. The van der Waals surface area contributed by atoms with Gasteiger partial charge in [0.1, 0.15) is 6.10 Å². The van der Waals surface area contributed by atoms with Crippen molar-refractivity contribution in [3.8, 4) is 0 Å². The molecule has 1 aliphatic carbocycles. The minimum Gasteiger partial charge on any atom is -0.368 e. The van der Waals surface area contributed by atoms with Crippen LogP contribution >= 0.6 is 0 Å². The Morgan fingerprint density at radius 3 is 2.54 bits per heavy atom. The van der Waals surface area contributed by atoms with Crippen molar-refractivity contribution >= 4 is 5.91 Å². The maximum atomic E-state index is 12.7. The summed E-state index contributed by atoms with van der Waals surface area (Å²) in [5.41, 5.74) is 3.41. The van der Waals surface area contributed by atoms with Crippen LogP contribution in [0.25, 0.3) is 0 Å². The van der Waals surface area contributed by atoms with E-state index < -0.39 is 0 Å². The second-order valence-corrected chi connectivity index (χ2v) is 8.66. The summed E-state index contributed by atoms with van der Waals surface area (Å²) < 4.78 is 5.63. The van der Waals surface area contributed by atoms with Crippen LogP contribution in [-0.4, -0.2) is 54.6 Å². The molecule has 0 aromatic heterocycles. The Kier molecular flexibility index (Phi) is 4.29. The Labute approximate surface area is 156 Å². The van der Waals surface area contributed by atoms with E-state index in [-0.39, 0.29) is 17.4 Å². The number of carbonyl (C=O) groups is 1. The highest BCUT2D eigenvalue weighted by Gasteiger charge is 2.48. The number of nitrogens with zero attached hydrogens (tertiary/aromatic N) is 2. The summed E-state index contributed by atoms with van der Waals surface area (Å²) in [6.07, 6.45) is 7.90. The lowest BCUT2D eigenvalue weighted by atomic mass is 9.73. The van der Waals surface area contributed by atoms with Crippen molar-refractivity contribution in [3.05, 3.63) is 35.4 Å². The summed E-state index contributed by atoms with van der Waals surface area (Å²) in [6.45, 7) is 5.02. The average Bonchev–Trinajstić information content (AvgIpc) is 3.44. The molecule has 140 valence electrons. The lowest BCUT2D eigenvalue weighted by Crippen LogP contribution is -2.48. The zero-order chi connectivity index (χ0) is 17.6. The second-order valence-electron chi connectivity index (χ2n) is 8.66. The monoisotopic (exact) mass is 354 g/mol. The van der Waals surface area contributed by atoms with E-state index in [2.05, 4.69) is 34.1 Å². The number of likely N-dealkylation sites (tertiary alicyclic amines) is 2. The van der Waals surface area contributed by atoms with Crippen molar-refractivity contribution in [2.24, 2.45) is 0 Å². The van der Waals surface area contributed by atoms with Gasteiger partial charge >= 0.3 is 0 Å². The van der Waals surface area contributed by atoms with Crippen LogP contribution in [0.4, 0.5) is 0 Å². The fraction of sp³-hybridized carbons (Fsp3) is 0.682. The van der Waals surface area contributed by atoms with E-state index in [4.69, 9.17) is 4.74 Å². The smallest absolute Gasteiger partial charge is 0.251 e. The highest BCUT2D eigenvalue weighted by molar-refractivity contribution is 5.81. The number of carbonyl (C=O) groups excluding carboxylic acids is 1. The molecule has 26 heavy (non-hydrogen) atoms. The van der Waals surface area contributed by atoms with Gasteiger partial charge in [-0.05, 0) is 69.2 Å². The van der Waals surface area contributed by atoms with Crippen LogP contribution in [0.1, 0.15) is 62.1 Å². The molecule has 0 saturated carbocycles. The maximum absolute atomic E-state index is 12.7. The van der Waals surface area contributed by atoms with E-state index in [9.17, 15) is 4.79 Å². The van der Waals surface area contributed by atoms with E-state index in [1.807, 2.05) is 0 Å². The summed E-state index contributed by atoms with van der Waals surface area (Å²) >= 11 is 0. The first-order valence-corrected chi connectivity index (χ1v) is 10.5. The molecule has 4 heteroatoms. The van der Waals surface area contributed by atoms with Crippen LogP contribution in [-0.2, 0) is 14.9 Å². The zero-order valence-electron chi connectivity index (χ0n) is 15.7. The molecule has 1 unspecified atom stereocenters. The van der Waals surface area contributed by atoms with Gasteiger partial charge in [0.2, 0.25) is 0 Å². The molecule has 2 atom stereocenters. The number of ether oxygens (including phenoxy) is 1. The number of fused-ring (bicyclic) bond motifs is 2. The maximum Gasteiger partial charge on any atom is 0.251 e. The molecular formula is C22H30N2O2. The van der Waals surface area contributed by atoms with E-state index >= 15 is 0 Å². The fourth-order valence-corrected chi connectivity index (χ4v) is 5.84. The molecule has 1 aromatic rings. The lowest BCUT2D eigenvalue weighted by Gasteiger charge is -2.41. The Morgan fingerprint density at radius 2 is 1.81 bits per heavy atom. The van der Waals surface area contributed by atoms with Gasteiger partial charge in [-0.15, -0.1) is 0 Å². The standard InChI is InChI=1S/C22H30N2O2/c25-21(20-8-5-15-26-20)24-13-9-22(10-14-24)16-19(23-11-3-4-12-23)17-6-1-2-7-18(17)22/h1-2,6-7,19-20H,3-5,8-16H2/t19?,20-/m0/s1. The van der Waals surface area contributed by atoms with Crippen LogP contribution in [0.2, 0.25) is 0 Å². The first-order chi connectivity index (χ1) is 12.8. The minimum atomic E-state index is -0.169. The molecule has 3 aliphatic heterocycles. The molecule has 0 radical (unpaired) electrons. The van der Waals surface area contributed by atoms with Crippen molar-refractivity contribution in [1.82, 2.24) is 9.80 Å². The number of hydrogen-bond acceptors (Lipinski definition) is 3. The third-order valence-corrected chi connectivity index (χ3v) is 7.29. The van der Waals surface area contributed by atoms with Gasteiger partial charge < -0.3 is 9.64 Å². The van der Waals surface area contributed by atoms with Gasteiger partial charge in [0.15, 0.2) is 0 Å². The highest BCUT2D eigenvalue weighted by Crippen LogP contribution is 2.53. The molecule has 4 nitrogen and oxygen atoms in total. The molecule has 5 rings (SSSR count). The van der Waals surface area contributed by atoms with Crippen molar-refractivity contribution in [3.63, 3.8) is 0 Å². The van der Waals surface area contributed by atoms with Crippen LogP contribution in [0, 0.1) is 0 Å². The van der Waals surface area contributed by atoms with E-state index in [1.54, 1.807) is 11.1 Å². The third kappa shape index (κ3) is 2.69. The van der Waals surface area contributed by atoms with Crippen molar-refractivity contribution in [2.45, 2.75) is 62.5 Å². The molecular weight excluding hydrogens is 324 g/mol. The Morgan fingerprint density at radius 1 is 1.04 bits per heavy atom. The van der Waals surface area contributed by atoms with Crippen LogP contribution in [0.15, 0.2) is 24.3 Å². The Hall–Kier alpha value is -1.39. The first-order valence-electron chi connectivity index (χ1n) is 10.5. The summed E-state index contributed by atoms with van der Waals surface area (Å²) in [4.78, 5) is 17.5. The number of hydrogen-bond donors (Lipinski definition) is 0. The van der Waals surface area contributed by atoms with Gasteiger partial charge in [0.25, 0.3) is 5.91 Å². The van der Waals surface area contributed by atoms with Crippen LogP contribution in [0.5, 0.6) is 0 Å². The number of amides is 1. The van der Waals surface area contributed by atoms with Gasteiger partial charge in [-0.3, -0.25) is 9.69 Å². The Bertz CT molecular complexity index is 668. The molecule has 3 saturated heterocycles. The molecule has 1 spiro atoms. The molecule has 4 aliphatic rings. The van der Waals surface area contributed by atoms with E-state index in [0.717, 1.165) is 45.4 Å². The summed E-state index contributed by atoms with van der Waals surface area (Å²) in [6, 6.07) is 9.72. The number of piperidine rings is 1. The number of benzene rings is 1. The van der Waals surface area contributed by atoms with Crippen LogP contribution in [0.3, 0.4) is 0 Å². The highest BCUT2D eigenvalue weighted by atomic mass is 16.5. The summed E-state index contributed by atoms with van der Waals surface area (Å²) in [5.74, 6) is 0.236. The van der Waals surface area contributed by atoms with Gasteiger partial charge in [0, 0.05) is 31.2 Å².